The normalized spacial score (nSPS) is 22.8. The van der Waals surface area contributed by atoms with E-state index in [1.54, 1.807) is 17.0 Å². The van der Waals surface area contributed by atoms with Crippen molar-refractivity contribution in [3.05, 3.63) is 75.9 Å². The Morgan fingerprint density at radius 3 is 1.95 bits per heavy atom. The number of fused-ring (bicyclic) bond motifs is 2. The zero-order valence-electron chi connectivity index (χ0n) is 32.5. The van der Waals surface area contributed by atoms with Crippen molar-refractivity contribution in [1.29, 1.82) is 0 Å². The van der Waals surface area contributed by atoms with Crippen LogP contribution in [-0.2, 0) is 14.3 Å². The summed E-state index contributed by atoms with van der Waals surface area (Å²) in [6.45, 7) is 15.3. The molecule has 4 aliphatic rings. The Kier molecular flexibility index (Phi) is 12.5. The molecule has 2 aromatic carbocycles. The number of aromatic nitrogens is 1. The van der Waals surface area contributed by atoms with Crippen molar-refractivity contribution in [2.45, 2.75) is 103 Å². The number of hydrogen-bond acceptors (Lipinski definition) is 9. The molecule has 2 amide bonds. The third kappa shape index (κ3) is 10.6. The van der Waals surface area contributed by atoms with Gasteiger partial charge in [-0.1, -0.05) is 52.5 Å². The lowest BCUT2D eigenvalue weighted by Gasteiger charge is -2.39. The van der Waals surface area contributed by atoms with Crippen LogP contribution in [0.3, 0.4) is 0 Å². The predicted octanol–water partition coefficient (Wildman–Crippen LogP) is 8.10. The number of ether oxygens (including phenoxy) is 2. The summed E-state index contributed by atoms with van der Waals surface area (Å²) in [5.74, 6) is 6.35. The van der Waals surface area contributed by atoms with Crippen LogP contribution in [0.15, 0.2) is 59.1 Å². The van der Waals surface area contributed by atoms with Gasteiger partial charge in [-0.3, -0.25) is 14.6 Å². The Bertz CT molecular complexity index is 1930. The minimum Gasteiger partial charge on any atom is -0.444 e. The molecule has 0 saturated carbocycles. The van der Waals surface area contributed by atoms with E-state index in [0.29, 0.717) is 48.8 Å². The SMILES string of the molecule is CC(C)(C)OC(=O)N1CCN2[C@@H](CC[C@@H]2C(=O)C#Cc2cccc(Cl)c2)C1.CC(C)(C)OC(=O)N1CCN2[C@@H](CC[C@@H]2c2cc(-c3cccc(Cl)c3)on2)C1. The van der Waals surface area contributed by atoms with Gasteiger partial charge in [0, 0.05) is 78.6 Å². The zero-order valence-corrected chi connectivity index (χ0v) is 34.0. The van der Waals surface area contributed by atoms with Crippen LogP contribution in [0, 0.1) is 11.8 Å². The van der Waals surface area contributed by atoms with Gasteiger partial charge in [0.05, 0.1) is 12.1 Å². The van der Waals surface area contributed by atoms with Crippen LogP contribution in [0.5, 0.6) is 0 Å². The first-order valence-electron chi connectivity index (χ1n) is 19.0. The van der Waals surface area contributed by atoms with Crippen LogP contribution in [0.2, 0.25) is 10.0 Å². The van der Waals surface area contributed by atoms with Gasteiger partial charge < -0.3 is 23.8 Å². The lowest BCUT2D eigenvalue weighted by atomic mass is 10.1. The highest BCUT2D eigenvalue weighted by molar-refractivity contribution is 6.31. The van der Waals surface area contributed by atoms with Crippen LogP contribution in [0.1, 0.15) is 84.5 Å². The summed E-state index contributed by atoms with van der Waals surface area (Å²) in [7, 11) is 0. The third-order valence-electron chi connectivity index (χ3n) is 10.1. The smallest absolute Gasteiger partial charge is 0.410 e. The fourth-order valence-corrected chi connectivity index (χ4v) is 8.08. The van der Waals surface area contributed by atoms with Crippen LogP contribution in [0.4, 0.5) is 9.59 Å². The fraction of sp³-hybridized carbons (Fsp3) is 0.524. The Morgan fingerprint density at radius 1 is 0.745 bits per heavy atom. The molecule has 0 spiro atoms. The van der Waals surface area contributed by atoms with E-state index in [1.165, 1.54) is 0 Å². The number of hydrogen-bond donors (Lipinski definition) is 0. The molecule has 55 heavy (non-hydrogen) atoms. The minimum atomic E-state index is -0.502. The zero-order chi connectivity index (χ0) is 39.5. The highest BCUT2D eigenvalue weighted by Crippen LogP contribution is 2.39. The van der Waals surface area contributed by atoms with Gasteiger partial charge in [0.15, 0.2) is 5.76 Å². The average molecular weight is 793 g/mol. The second-order valence-electron chi connectivity index (χ2n) is 16.6. The summed E-state index contributed by atoms with van der Waals surface area (Å²) in [6, 6.07) is 17.3. The molecule has 5 heterocycles. The second-order valence-corrected chi connectivity index (χ2v) is 17.4. The minimum absolute atomic E-state index is 0.0665. The molecule has 0 bridgehead atoms. The number of amides is 2. The maximum atomic E-state index is 12.6. The first-order valence-corrected chi connectivity index (χ1v) is 19.8. The molecule has 0 radical (unpaired) electrons. The predicted molar refractivity (Wildman–Crippen MR) is 212 cm³/mol. The molecule has 0 N–H and O–H groups in total. The molecule has 294 valence electrons. The lowest BCUT2D eigenvalue weighted by molar-refractivity contribution is -0.118. The molecule has 13 heteroatoms. The van der Waals surface area contributed by atoms with Gasteiger partial charge in [-0.15, -0.1) is 0 Å². The molecule has 3 aromatic rings. The Labute approximate surface area is 334 Å². The Hall–Kier alpha value is -4.08. The standard InChI is InChI=1S/C21H26ClN3O3.C21H25ClN2O3/c1-21(2,3)27-20(26)24-9-10-25-16(13-24)7-8-18(25)17-12-19(28-23-17)14-5-4-6-15(22)11-14;1-21(2,3)27-20(26)23-11-12-24-17(14-23)8-9-18(24)19(25)10-7-15-5-4-6-16(22)13-15/h4-6,11-12,16,18H,7-10,13H2,1-3H3;4-6,13,17-18H,8-9,11-12,14H2,1-3H3/t16-,18+;17-,18+/m00/s1. The molecule has 11 nitrogen and oxygen atoms in total. The summed E-state index contributed by atoms with van der Waals surface area (Å²) in [5.41, 5.74) is 1.64. The van der Waals surface area contributed by atoms with Crippen LogP contribution in [0.25, 0.3) is 11.3 Å². The van der Waals surface area contributed by atoms with Crippen LogP contribution >= 0.6 is 23.2 Å². The van der Waals surface area contributed by atoms with Crippen molar-refractivity contribution in [3.8, 4) is 23.2 Å². The molecular weight excluding hydrogens is 741 g/mol. The Balaban J connectivity index is 0.000000187. The molecule has 4 saturated heterocycles. The average Bonchev–Trinajstić information content (AvgIpc) is 3.88. The fourth-order valence-electron chi connectivity index (χ4n) is 7.70. The topological polar surface area (TPSA) is 109 Å². The van der Waals surface area contributed by atoms with Crippen LogP contribution in [-0.4, -0.2) is 111 Å². The van der Waals surface area contributed by atoms with Gasteiger partial charge in [0.2, 0.25) is 5.78 Å². The number of benzene rings is 2. The number of piperazine rings is 2. The largest absolute Gasteiger partial charge is 0.444 e. The van der Waals surface area contributed by atoms with E-state index in [0.717, 1.165) is 54.8 Å². The van der Waals surface area contributed by atoms with E-state index in [9.17, 15) is 14.4 Å². The Morgan fingerprint density at radius 2 is 1.33 bits per heavy atom. The molecule has 4 fully saturated rings. The van der Waals surface area contributed by atoms with Crippen molar-refractivity contribution in [3.63, 3.8) is 0 Å². The number of carbonyl (C=O) groups excluding carboxylic acids is 3. The van der Waals surface area contributed by atoms with Crippen molar-refractivity contribution in [2.24, 2.45) is 0 Å². The summed E-state index contributed by atoms with van der Waals surface area (Å²) >= 11 is 12.0. The molecule has 0 aliphatic carbocycles. The van der Waals surface area contributed by atoms with E-state index in [-0.39, 0.29) is 36.1 Å². The van der Waals surface area contributed by atoms with Crippen molar-refractivity contribution < 1.29 is 28.4 Å². The van der Waals surface area contributed by atoms with Crippen molar-refractivity contribution in [1.82, 2.24) is 24.8 Å². The number of rotatable bonds is 3. The maximum absolute atomic E-state index is 12.6. The van der Waals surface area contributed by atoms with Crippen LogP contribution < -0.4 is 0 Å². The molecule has 7 rings (SSSR count). The lowest BCUT2D eigenvalue weighted by Crippen LogP contribution is -2.56. The van der Waals surface area contributed by atoms with E-state index >= 15 is 0 Å². The van der Waals surface area contributed by atoms with Gasteiger partial charge in [0.25, 0.3) is 0 Å². The van der Waals surface area contributed by atoms with E-state index in [4.69, 9.17) is 37.2 Å². The number of nitrogens with zero attached hydrogens (tertiary/aromatic N) is 5. The first-order chi connectivity index (χ1) is 26.0. The van der Waals surface area contributed by atoms with Gasteiger partial charge in [0.1, 0.15) is 16.9 Å². The van der Waals surface area contributed by atoms with E-state index in [2.05, 4.69) is 26.8 Å². The number of halogens is 2. The number of Topliss-reactive ketones (excluding diaryl/α,β-unsaturated/α-hetero) is 1. The van der Waals surface area contributed by atoms with E-state index in [1.807, 2.05) is 88.9 Å². The number of ketones is 1. The number of carbonyl (C=O) groups is 3. The molecule has 0 unspecified atom stereocenters. The quantitative estimate of drug-likeness (QED) is 0.243. The first kappa shape index (κ1) is 40.6. The second kappa shape index (κ2) is 17.0. The van der Waals surface area contributed by atoms with Crippen molar-refractivity contribution >= 4 is 41.2 Å². The summed E-state index contributed by atoms with van der Waals surface area (Å²) in [5, 5.41) is 5.61. The molecular formula is C42H51Cl2N5O6. The summed E-state index contributed by atoms with van der Waals surface area (Å²) in [6.07, 6.45) is 3.19. The summed E-state index contributed by atoms with van der Waals surface area (Å²) < 4.78 is 16.6. The highest BCUT2D eigenvalue weighted by Gasteiger charge is 2.43. The van der Waals surface area contributed by atoms with Gasteiger partial charge >= 0.3 is 12.2 Å². The molecule has 4 aliphatic heterocycles. The molecule has 1 aromatic heterocycles. The van der Waals surface area contributed by atoms with E-state index < -0.39 is 11.2 Å². The maximum Gasteiger partial charge on any atom is 0.410 e. The highest BCUT2D eigenvalue weighted by atomic mass is 35.5. The van der Waals surface area contributed by atoms with Gasteiger partial charge in [-0.2, -0.15) is 0 Å². The monoisotopic (exact) mass is 791 g/mol. The summed E-state index contributed by atoms with van der Waals surface area (Å²) in [4.78, 5) is 45.5. The molecule has 4 atom stereocenters. The van der Waals surface area contributed by atoms with Gasteiger partial charge in [-0.05, 0) is 103 Å². The van der Waals surface area contributed by atoms with Crippen molar-refractivity contribution in [2.75, 3.05) is 39.3 Å². The van der Waals surface area contributed by atoms with Gasteiger partial charge in [-0.25, -0.2) is 9.59 Å². The third-order valence-corrected chi connectivity index (χ3v) is 10.6.